The average Bonchev–Trinajstić information content (AvgIpc) is 2.85. The van der Waals surface area contributed by atoms with Gasteiger partial charge in [0.25, 0.3) is 0 Å². The minimum absolute atomic E-state index is 0.00111. The summed E-state index contributed by atoms with van der Waals surface area (Å²) in [6.07, 6.45) is 10.3. The van der Waals surface area contributed by atoms with Crippen molar-refractivity contribution < 1.29 is 5.11 Å². The van der Waals surface area contributed by atoms with E-state index in [0.29, 0.717) is 6.04 Å². The van der Waals surface area contributed by atoms with Crippen LogP contribution in [0.3, 0.4) is 0 Å². The molecular formula is C15H30N2O. The summed E-state index contributed by atoms with van der Waals surface area (Å²) in [6, 6.07) is 1.50. The molecule has 3 unspecified atom stereocenters. The largest absolute Gasteiger partial charge is 0.394 e. The smallest absolute Gasteiger partial charge is 0.0613 e. The monoisotopic (exact) mass is 254 g/mol. The average molecular weight is 254 g/mol. The molecule has 3 atom stereocenters. The Bertz CT molecular complexity index is 251. The molecule has 1 aliphatic heterocycles. The first-order valence-corrected chi connectivity index (χ1v) is 7.80. The Morgan fingerprint density at radius 1 is 1.33 bits per heavy atom. The van der Waals surface area contributed by atoms with Crippen LogP contribution in [-0.4, -0.2) is 47.8 Å². The van der Waals surface area contributed by atoms with Crippen molar-refractivity contribution in [1.29, 1.82) is 0 Å². The number of hydrogen-bond donors (Lipinski definition) is 2. The van der Waals surface area contributed by atoms with Crippen LogP contribution in [0.2, 0.25) is 0 Å². The Balaban J connectivity index is 1.98. The maximum absolute atomic E-state index is 9.62. The van der Waals surface area contributed by atoms with Crippen LogP contribution in [-0.2, 0) is 0 Å². The van der Waals surface area contributed by atoms with Crippen LogP contribution in [0, 0.1) is 0 Å². The highest BCUT2D eigenvalue weighted by molar-refractivity contribution is 5.00. The Labute approximate surface area is 112 Å². The van der Waals surface area contributed by atoms with Gasteiger partial charge in [-0.1, -0.05) is 19.8 Å². The third-order valence-electron chi connectivity index (χ3n) is 5.18. The standard InChI is InChI=1S/C15H30N2O/c1-3-6-13-7-4-5-10-17(13)14-8-9-15(11-14,12-18)16-2/h13-14,16,18H,3-12H2,1-2H3. The fraction of sp³-hybridized carbons (Fsp3) is 1.00. The third kappa shape index (κ3) is 2.89. The van der Waals surface area contributed by atoms with Crippen LogP contribution >= 0.6 is 0 Å². The van der Waals surface area contributed by atoms with E-state index >= 15 is 0 Å². The van der Waals surface area contributed by atoms with Crippen LogP contribution in [0.5, 0.6) is 0 Å². The summed E-state index contributed by atoms with van der Waals surface area (Å²) in [6.45, 7) is 3.86. The van der Waals surface area contributed by atoms with E-state index in [4.69, 9.17) is 0 Å². The number of nitrogens with zero attached hydrogens (tertiary/aromatic N) is 1. The van der Waals surface area contributed by atoms with E-state index in [0.717, 1.165) is 18.9 Å². The summed E-state index contributed by atoms with van der Waals surface area (Å²) in [5, 5.41) is 13.0. The number of hydrogen-bond acceptors (Lipinski definition) is 3. The van der Waals surface area contributed by atoms with Gasteiger partial charge in [-0.15, -0.1) is 0 Å². The molecule has 0 amide bonds. The van der Waals surface area contributed by atoms with Crippen LogP contribution in [0.4, 0.5) is 0 Å². The van der Waals surface area contributed by atoms with E-state index in [1.807, 2.05) is 7.05 Å². The second-order valence-corrected chi connectivity index (χ2v) is 6.26. The molecule has 2 rings (SSSR count). The quantitative estimate of drug-likeness (QED) is 0.789. The van der Waals surface area contributed by atoms with E-state index in [1.165, 1.54) is 45.1 Å². The lowest BCUT2D eigenvalue weighted by Gasteiger charge is -2.40. The predicted octanol–water partition coefficient (Wildman–Crippen LogP) is 2.14. The van der Waals surface area contributed by atoms with Gasteiger partial charge in [0, 0.05) is 17.6 Å². The first kappa shape index (κ1) is 14.3. The molecule has 2 fully saturated rings. The molecule has 18 heavy (non-hydrogen) atoms. The van der Waals surface area contributed by atoms with E-state index < -0.39 is 0 Å². The van der Waals surface area contributed by atoms with Crippen molar-refractivity contribution >= 4 is 0 Å². The second kappa shape index (κ2) is 6.36. The number of rotatable bonds is 5. The molecule has 0 aromatic rings. The maximum atomic E-state index is 9.62. The van der Waals surface area contributed by atoms with Gasteiger partial charge in [-0.05, 0) is 52.1 Å². The van der Waals surface area contributed by atoms with E-state index in [9.17, 15) is 5.11 Å². The molecule has 0 bridgehead atoms. The van der Waals surface area contributed by atoms with Crippen LogP contribution in [0.15, 0.2) is 0 Å². The van der Waals surface area contributed by atoms with Crippen molar-refractivity contribution in [3.63, 3.8) is 0 Å². The minimum Gasteiger partial charge on any atom is -0.394 e. The molecule has 0 radical (unpaired) electrons. The SMILES string of the molecule is CCCC1CCCCN1C1CCC(CO)(NC)C1. The number of aliphatic hydroxyl groups excluding tert-OH is 1. The summed E-state index contributed by atoms with van der Waals surface area (Å²) in [5.41, 5.74) is -0.00111. The number of nitrogens with one attached hydrogen (secondary N) is 1. The summed E-state index contributed by atoms with van der Waals surface area (Å²) in [7, 11) is 2.00. The highest BCUT2D eigenvalue weighted by Gasteiger charge is 2.41. The normalized spacial score (nSPS) is 38.2. The van der Waals surface area contributed by atoms with Gasteiger partial charge in [0.1, 0.15) is 0 Å². The summed E-state index contributed by atoms with van der Waals surface area (Å²) < 4.78 is 0. The number of likely N-dealkylation sites (tertiary alicyclic amines) is 1. The van der Waals surface area contributed by atoms with Crippen LogP contribution in [0.1, 0.15) is 58.3 Å². The van der Waals surface area contributed by atoms with Gasteiger partial charge in [0.15, 0.2) is 0 Å². The lowest BCUT2D eigenvalue weighted by atomic mass is 9.94. The Morgan fingerprint density at radius 3 is 2.78 bits per heavy atom. The zero-order valence-electron chi connectivity index (χ0n) is 12.1. The van der Waals surface area contributed by atoms with Gasteiger partial charge in [-0.2, -0.15) is 0 Å². The van der Waals surface area contributed by atoms with Gasteiger partial charge in [-0.3, -0.25) is 4.90 Å². The molecule has 0 spiro atoms. The molecule has 0 aromatic heterocycles. The molecule has 0 aromatic carbocycles. The molecule has 1 aliphatic carbocycles. The van der Waals surface area contributed by atoms with E-state index in [2.05, 4.69) is 17.1 Å². The number of piperidine rings is 1. The predicted molar refractivity (Wildman–Crippen MR) is 75.8 cm³/mol. The fourth-order valence-corrected chi connectivity index (χ4v) is 3.98. The lowest BCUT2D eigenvalue weighted by molar-refractivity contribution is 0.0805. The van der Waals surface area contributed by atoms with E-state index in [-0.39, 0.29) is 12.1 Å². The zero-order valence-corrected chi connectivity index (χ0v) is 12.1. The maximum Gasteiger partial charge on any atom is 0.0613 e. The lowest BCUT2D eigenvalue weighted by Crippen LogP contribution is -2.49. The zero-order chi connectivity index (χ0) is 13.0. The van der Waals surface area contributed by atoms with Gasteiger partial charge in [0.2, 0.25) is 0 Å². The van der Waals surface area contributed by atoms with Crippen molar-refractivity contribution in [2.75, 3.05) is 20.2 Å². The van der Waals surface area contributed by atoms with E-state index in [1.54, 1.807) is 0 Å². The van der Waals surface area contributed by atoms with Crippen molar-refractivity contribution in [3.8, 4) is 0 Å². The first-order chi connectivity index (χ1) is 8.74. The summed E-state index contributed by atoms with van der Waals surface area (Å²) in [5.74, 6) is 0. The van der Waals surface area contributed by atoms with Crippen molar-refractivity contribution in [2.45, 2.75) is 75.9 Å². The number of aliphatic hydroxyl groups is 1. The van der Waals surface area contributed by atoms with Gasteiger partial charge in [0.05, 0.1) is 6.61 Å². The molecule has 1 saturated heterocycles. The first-order valence-electron chi connectivity index (χ1n) is 7.80. The minimum atomic E-state index is -0.00111. The van der Waals surface area contributed by atoms with Crippen LogP contribution < -0.4 is 5.32 Å². The Hall–Kier alpha value is -0.120. The molecule has 3 nitrogen and oxygen atoms in total. The third-order valence-corrected chi connectivity index (χ3v) is 5.18. The second-order valence-electron chi connectivity index (χ2n) is 6.26. The molecule has 1 saturated carbocycles. The van der Waals surface area contributed by atoms with Crippen molar-refractivity contribution in [3.05, 3.63) is 0 Å². The van der Waals surface area contributed by atoms with Gasteiger partial charge >= 0.3 is 0 Å². The molecule has 106 valence electrons. The van der Waals surface area contributed by atoms with Gasteiger partial charge < -0.3 is 10.4 Å². The van der Waals surface area contributed by atoms with Crippen LogP contribution in [0.25, 0.3) is 0 Å². The molecule has 1 heterocycles. The molecule has 3 heteroatoms. The number of likely N-dealkylation sites (N-methyl/N-ethyl adjacent to an activating group) is 1. The molecule has 2 aliphatic rings. The Kier molecular flexibility index (Phi) is 5.05. The van der Waals surface area contributed by atoms with Gasteiger partial charge in [-0.25, -0.2) is 0 Å². The molecule has 2 N–H and O–H groups in total. The summed E-state index contributed by atoms with van der Waals surface area (Å²) in [4.78, 5) is 2.77. The highest BCUT2D eigenvalue weighted by Crippen LogP contribution is 2.36. The van der Waals surface area contributed by atoms with Crippen molar-refractivity contribution in [2.24, 2.45) is 0 Å². The molecular weight excluding hydrogens is 224 g/mol. The Morgan fingerprint density at radius 2 is 2.17 bits per heavy atom. The van der Waals surface area contributed by atoms with Crippen molar-refractivity contribution in [1.82, 2.24) is 10.2 Å². The highest BCUT2D eigenvalue weighted by atomic mass is 16.3. The fourth-order valence-electron chi connectivity index (χ4n) is 3.98. The topological polar surface area (TPSA) is 35.5 Å². The summed E-state index contributed by atoms with van der Waals surface area (Å²) >= 11 is 0.